The zero-order valence-corrected chi connectivity index (χ0v) is 16.3. The number of hydrogen-bond acceptors (Lipinski definition) is 6. The maximum absolute atomic E-state index is 13.7. The molecule has 2 atom stereocenters. The van der Waals surface area contributed by atoms with Crippen LogP contribution < -0.4 is 10.9 Å². The van der Waals surface area contributed by atoms with E-state index in [4.69, 9.17) is 16.7 Å². The number of halogens is 2. The van der Waals surface area contributed by atoms with Crippen molar-refractivity contribution in [3.8, 4) is 11.3 Å². The van der Waals surface area contributed by atoms with Crippen molar-refractivity contribution in [2.75, 3.05) is 18.5 Å². The van der Waals surface area contributed by atoms with Crippen molar-refractivity contribution >= 4 is 17.5 Å². The molecule has 0 saturated carbocycles. The van der Waals surface area contributed by atoms with E-state index in [1.54, 1.807) is 25.3 Å². The zero-order valence-electron chi connectivity index (χ0n) is 15.6. The summed E-state index contributed by atoms with van der Waals surface area (Å²) in [4.78, 5) is 21.1. The van der Waals surface area contributed by atoms with Crippen molar-refractivity contribution in [2.45, 2.75) is 19.0 Å². The Kier molecular flexibility index (Phi) is 6.58. The van der Waals surface area contributed by atoms with Crippen molar-refractivity contribution in [3.63, 3.8) is 0 Å². The number of pyridine rings is 1. The molecule has 1 aromatic carbocycles. The Bertz CT molecular complexity index is 1040. The van der Waals surface area contributed by atoms with Crippen LogP contribution in [0.15, 0.2) is 53.6 Å². The fraction of sp³-hybridized carbons (Fsp3) is 0.250. The smallest absolute Gasteiger partial charge is 0.251 e. The van der Waals surface area contributed by atoms with Crippen LogP contribution in [0.25, 0.3) is 11.3 Å². The summed E-state index contributed by atoms with van der Waals surface area (Å²) in [7, 11) is 0. The van der Waals surface area contributed by atoms with Gasteiger partial charge in [-0.1, -0.05) is 11.6 Å². The molecule has 0 amide bonds. The molecule has 0 aliphatic rings. The lowest BCUT2D eigenvalue weighted by Crippen LogP contribution is -2.27. The predicted octanol–water partition coefficient (Wildman–Crippen LogP) is 2.47. The number of aromatic nitrogens is 3. The first-order valence-electron chi connectivity index (χ1n) is 8.91. The standard InChI is InChI=1S/C20H20ClFN4O3/c1-12(10-27)24-20-23-4-2-17(25-20)13-3-5-26(19(29)8-13)18(11-28)14-6-15(21)9-16(22)7-14/h2-9,12,18,27-28H,10-11H2,1H3,(H,23,24,25). The fourth-order valence-corrected chi connectivity index (χ4v) is 3.11. The Hall–Kier alpha value is -2.81. The molecule has 0 aliphatic heterocycles. The number of anilines is 1. The Labute approximate surface area is 171 Å². The molecule has 0 fully saturated rings. The SMILES string of the molecule is CC(CO)Nc1nccc(-c2ccn(C(CO)c3cc(F)cc(Cl)c3)c(=O)c2)n1. The van der Waals surface area contributed by atoms with Crippen molar-refractivity contribution in [1.82, 2.24) is 14.5 Å². The van der Waals surface area contributed by atoms with Crippen molar-refractivity contribution in [2.24, 2.45) is 0 Å². The topological polar surface area (TPSA) is 100 Å². The fourth-order valence-electron chi connectivity index (χ4n) is 2.88. The van der Waals surface area contributed by atoms with E-state index in [2.05, 4.69) is 15.3 Å². The molecule has 0 saturated heterocycles. The van der Waals surface area contributed by atoms with Gasteiger partial charge in [-0.3, -0.25) is 4.79 Å². The predicted molar refractivity (Wildman–Crippen MR) is 109 cm³/mol. The normalized spacial score (nSPS) is 13.1. The van der Waals surface area contributed by atoms with Crippen LogP contribution in [0.5, 0.6) is 0 Å². The van der Waals surface area contributed by atoms with Gasteiger partial charge in [0.1, 0.15) is 5.82 Å². The van der Waals surface area contributed by atoms with Gasteiger partial charge >= 0.3 is 0 Å². The first kappa shape index (κ1) is 20.9. The summed E-state index contributed by atoms with van der Waals surface area (Å²) >= 11 is 5.90. The van der Waals surface area contributed by atoms with Gasteiger partial charge in [0.05, 0.1) is 24.9 Å². The average molecular weight is 419 g/mol. The highest BCUT2D eigenvalue weighted by Gasteiger charge is 2.16. The number of aliphatic hydroxyl groups excluding tert-OH is 2. The van der Waals surface area contributed by atoms with Crippen LogP contribution in [0.1, 0.15) is 18.5 Å². The van der Waals surface area contributed by atoms with Crippen LogP contribution in [-0.2, 0) is 0 Å². The Morgan fingerprint density at radius 3 is 2.66 bits per heavy atom. The van der Waals surface area contributed by atoms with Crippen LogP contribution in [0.3, 0.4) is 0 Å². The monoisotopic (exact) mass is 418 g/mol. The minimum atomic E-state index is -0.780. The lowest BCUT2D eigenvalue weighted by molar-refractivity contribution is 0.247. The van der Waals surface area contributed by atoms with Gasteiger partial charge in [0.25, 0.3) is 5.56 Å². The highest BCUT2D eigenvalue weighted by molar-refractivity contribution is 6.30. The maximum atomic E-state index is 13.7. The molecule has 0 bridgehead atoms. The van der Waals surface area contributed by atoms with E-state index in [1.807, 2.05) is 0 Å². The van der Waals surface area contributed by atoms with Crippen LogP contribution in [-0.4, -0.2) is 44.0 Å². The van der Waals surface area contributed by atoms with E-state index in [0.717, 1.165) is 6.07 Å². The molecule has 3 N–H and O–H groups in total. The first-order chi connectivity index (χ1) is 13.9. The van der Waals surface area contributed by atoms with E-state index in [9.17, 15) is 14.3 Å². The summed E-state index contributed by atoms with van der Waals surface area (Å²) in [6.45, 7) is 1.31. The van der Waals surface area contributed by atoms with Gasteiger partial charge in [-0.2, -0.15) is 0 Å². The van der Waals surface area contributed by atoms with E-state index in [-0.39, 0.29) is 17.7 Å². The van der Waals surface area contributed by atoms with Crippen LogP contribution >= 0.6 is 11.6 Å². The number of rotatable bonds is 7. The number of aliphatic hydroxyl groups is 2. The van der Waals surface area contributed by atoms with Crippen LogP contribution in [0, 0.1) is 5.82 Å². The molecule has 2 heterocycles. The second-order valence-corrected chi connectivity index (χ2v) is 6.99. The summed E-state index contributed by atoms with van der Waals surface area (Å²) in [5, 5.41) is 22.1. The third kappa shape index (κ3) is 4.97. The van der Waals surface area contributed by atoms with Gasteiger partial charge in [0.15, 0.2) is 0 Å². The summed E-state index contributed by atoms with van der Waals surface area (Å²) < 4.78 is 15.0. The van der Waals surface area contributed by atoms with E-state index < -0.39 is 24.0 Å². The molecule has 3 aromatic rings. The minimum Gasteiger partial charge on any atom is -0.394 e. The highest BCUT2D eigenvalue weighted by atomic mass is 35.5. The van der Waals surface area contributed by atoms with Gasteiger partial charge < -0.3 is 20.1 Å². The average Bonchev–Trinajstić information content (AvgIpc) is 2.69. The van der Waals surface area contributed by atoms with Gasteiger partial charge in [0, 0.05) is 35.1 Å². The summed E-state index contributed by atoms with van der Waals surface area (Å²) in [5.41, 5.74) is 1.08. The van der Waals surface area contributed by atoms with Crippen molar-refractivity contribution in [1.29, 1.82) is 0 Å². The molecule has 0 spiro atoms. The molecule has 7 nitrogen and oxygen atoms in total. The third-order valence-corrected chi connectivity index (χ3v) is 4.55. The van der Waals surface area contributed by atoms with Crippen molar-refractivity contribution in [3.05, 3.63) is 75.5 Å². The van der Waals surface area contributed by atoms with Crippen LogP contribution in [0.4, 0.5) is 10.3 Å². The second-order valence-electron chi connectivity index (χ2n) is 6.56. The molecule has 0 aliphatic carbocycles. The first-order valence-corrected chi connectivity index (χ1v) is 9.29. The maximum Gasteiger partial charge on any atom is 0.251 e. The van der Waals surface area contributed by atoms with Crippen LogP contribution in [0.2, 0.25) is 5.02 Å². The molecular formula is C20H20ClFN4O3. The quantitative estimate of drug-likeness (QED) is 0.545. The molecule has 3 rings (SSSR count). The van der Waals surface area contributed by atoms with Gasteiger partial charge in [-0.05, 0) is 42.8 Å². The van der Waals surface area contributed by atoms with E-state index in [1.165, 1.54) is 29.0 Å². The summed E-state index contributed by atoms with van der Waals surface area (Å²) in [6, 6.07) is 7.61. The molecule has 2 aromatic heterocycles. The third-order valence-electron chi connectivity index (χ3n) is 4.33. The van der Waals surface area contributed by atoms with Gasteiger partial charge in [-0.15, -0.1) is 0 Å². The van der Waals surface area contributed by atoms with Crippen molar-refractivity contribution < 1.29 is 14.6 Å². The molecule has 152 valence electrons. The van der Waals surface area contributed by atoms with E-state index >= 15 is 0 Å². The Balaban J connectivity index is 1.94. The van der Waals surface area contributed by atoms with Gasteiger partial charge in [0.2, 0.25) is 5.95 Å². The molecule has 0 radical (unpaired) electrons. The molecule has 2 unspecified atom stereocenters. The van der Waals surface area contributed by atoms with Gasteiger partial charge in [-0.25, -0.2) is 14.4 Å². The Morgan fingerprint density at radius 2 is 2.00 bits per heavy atom. The number of nitrogens with one attached hydrogen (secondary N) is 1. The summed E-state index contributed by atoms with van der Waals surface area (Å²) in [5.74, 6) is -0.218. The number of hydrogen-bond donors (Lipinski definition) is 3. The summed E-state index contributed by atoms with van der Waals surface area (Å²) in [6.07, 6.45) is 3.06. The molecule has 29 heavy (non-hydrogen) atoms. The lowest BCUT2D eigenvalue weighted by Gasteiger charge is -2.19. The highest BCUT2D eigenvalue weighted by Crippen LogP contribution is 2.23. The Morgan fingerprint density at radius 1 is 1.21 bits per heavy atom. The number of nitrogens with zero attached hydrogens (tertiary/aromatic N) is 3. The zero-order chi connectivity index (χ0) is 21.0. The minimum absolute atomic E-state index is 0.0731. The molecular weight excluding hydrogens is 399 g/mol. The largest absolute Gasteiger partial charge is 0.394 e. The lowest BCUT2D eigenvalue weighted by atomic mass is 10.1. The number of benzene rings is 1. The molecule has 9 heteroatoms. The van der Waals surface area contributed by atoms with E-state index in [0.29, 0.717) is 22.8 Å². The second kappa shape index (κ2) is 9.13.